The predicted octanol–water partition coefficient (Wildman–Crippen LogP) is 0.653. The number of nitrogen functional groups attached to an aromatic ring is 1. The summed E-state index contributed by atoms with van der Waals surface area (Å²) in [7, 11) is -2.89. The second-order valence-electron chi connectivity index (χ2n) is 3.95. The number of nitrogens with two attached hydrogens (primary N) is 1. The van der Waals surface area contributed by atoms with E-state index in [0.29, 0.717) is 23.8 Å². The number of hydrogen-bond donors (Lipinski definition) is 2. The van der Waals surface area contributed by atoms with Gasteiger partial charge in [0.05, 0.1) is 16.7 Å². The van der Waals surface area contributed by atoms with Crippen molar-refractivity contribution in [1.29, 1.82) is 0 Å². The average molecular weight is 241 g/mol. The van der Waals surface area contributed by atoms with E-state index in [-0.39, 0.29) is 5.25 Å². The molecule has 0 spiro atoms. The summed E-state index contributed by atoms with van der Waals surface area (Å²) in [6.07, 6.45) is 3.10. The number of rotatable bonds is 3. The largest absolute Gasteiger partial charge is 0.382 e. The number of aromatic nitrogens is 1. The lowest BCUT2D eigenvalue weighted by molar-refractivity contribution is 0.591. The molecule has 1 atom stereocenters. The van der Waals surface area contributed by atoms with E-state index in [4.69, 9.17) is 5.73 Å². The molecule has 0 aliphatic carbocycles. The van der Waals surface area contributed by atoms with Crippen molar-refractivity contribution in [1.82, 2.24) is 4.98 Å². The van der Waals surface area contributed by atoms with Gasteiger partial charge >= 0.3 is 0 Å². The van der Waals surface area contributed by atoms with E-state index in [9.17, 15) is 8.42 Å². The van der Waals surface area contributed by atoms with Gasteiger partial charge in [-0.05, 0) is 25.0 Å². The zero-order chi connectivity index (χ0) is 11.6. The molecule has 1 aromatic heterocycles. The van der Waals surface area contributed by atoms with Gasteiger partial charge in [-0.15, -0.1) is 0 Å². The molecular weight excluding hydrogens is 226 g/mol. The maximum absolute atomic E-state index is 11.6. The van der Waals surface area contributed by atoms with Crippen molar-refractivity contribution in [2.24, 2.45) is 0 Å². The Hall–Kier alpha value is -1.30. The number of hydrogen-bond acceptors (Lipinski definition) is 5. The molecule has 1 saturated heterocycles. The summed E-state index contributed by atoms with van der Waals surface area (Å²) >= 11 is 0. The third-order valence-corrected chi connectivity index (χ3v) is 5.10. The minimum atomic E-state index is -2.89. The fourth-order valence-electron chi connectivity index (χ4n) is 1.88. The fraction of sp³-hybridized carbons (Fsp3) is 0.500. The molecule has 0 radical (unpaired) electrons. The standard InChI is InChI=1S/C10H15N3O2S/c11-10-9(4-1-5-12-10)13-7-8-3-2-6-16(8,14)15/h1,4-5,8,13H,2-3,6-7H2,(H2,11,12). The Morgan fingerprint density at radius 3 is 3.00 bits per heavy atom. The van der Waals surface area contributed by atoms with Gasteiger partial charge in [0.15, 0.2) is 9.84 Å². The normalized spacial score (nSPS) is 23.1. The zero-order valence-corrected chi connectivity index (χ0v) is 9.70. The summed E-state index contributed by atoms with van der Waals surface area (Å²) in [6, 6.07) is 3.56. The monoisotopic (exact) mass is 241 g/mol. The minimum Gasteiger partial charge on any atom is -0.382 e. The second-order valence-corrected chi connectivity index (χ2v) is 6.35. The van der Waals surface area contributed by atoms with Crippen LogP contribution in [0, 0.1) is 0 Å². The highest BCUT2D eigenvalue weighted by atomic mass is 32.2. The zero-order valence-electron chi connectivity index (χ0n) is 8.89. The molecular formula is C10H15N3O2S. The summed E-state index contributed by atoms with van der Waals surface area (Å²) in [4.78, 5) is 3.93. The first-order chi connectivity index (χ1) is 7.59. The topological polar surface area (TPSA) is 85.1 Å². The number of nitrogens with zero attached hydrogens (tertiary/aromatic N) is 1. The minimum absolute atomic E-state index is 0.285. The van der Waals surface area contributed by atoms with Gasteiger partial charge in [-0.1, -0.05) is 0 Å². The van der Waals surface area contributed by atoms with Gasteiger partial charge in [0.2, 0.25) is 0 Å². The third-order valence-electron chi connectivity index (χ3n) is 2.82. The van der Waals surface area contributed by atoms with Crippen LogP contribution in [0.5, 0.6) is 0 Å². The van der Waals surface area contributed by atoms with Gasteiger partial charge in [0.1, 0.15) is 5.82 Å². The van der Waals surface area contributed by atoms with Crippen molar-refractivity contribution in [3.05, 3.63) is 18.3 Å². The molecule has 0 saturated carbocycles. The van der Waals surface area contributed by atoms with Crippen molar-refractivity contribution >= 4 is 21.3 Å². The Morgan fingerprint density at radius 2 is 2.38 bits per heavy atom. The highest BCUT2D eigenvalue weighted by Crippen LogP contribution is 2.21. The SMILES string of the molecule is Nc1ncccc1NCC1CCCS1(=O)=O. The van der Waals surface area contributed by atoms with Gasteiger partial charge in [-0.2, -0.15) is 0 Å². The molecule has 3 N–H and O–H groups in total. The maximum atomic E-state index is 11.6. The molecule has 1 unspecified atom stereocenters. The van der Waals surface area contributed by atoms with Crippen molar-refractivity contribution in [2.45, 2.75) is 18.1 Å². The fourth-order valence-corrected chi connectivity index (χ4v) is 3.64. The Balaban J connectivity index is 2.01. The van der Waals surface area contributed by atoms with Crippen LogP contribution in [-0.2, 0) is 9.84 Å². The summed E-state index contributed by atoms with van der Waals surface area (Å²) in [5.41, 5.74) is 6.35. The summed E-state index contributed by atoms with van der Waals surface area (Å²) < 4.78 is 23.2. The van der Waals surface area contributed by atoms with Gasteiger partial charge in [-0.3, -0.25) is 0 Å². The van der Waals surface area contributed by atoms with Crippen LogP contribution in [0.1, 0.15) is 12.8 Å². The molecule has 1 aliphatic rings. The van der Waals surface area contributed by atoms with E-state index < -0.39 is 9.84 Å². The molecule has 2 rings (SSSR count). The first-order valence-electron chi connectivity index (χ1n) is 5.25. The molecule has 88 valence electrons. The molecule has 1 aromatic rings. The second kappa shape index (κ2) is 4.29. The van der Waals surface area contributed by atoms with Gasteiger partial charge in [0.25, 0.3) is 0 Å². The van der Waals surface area contributed by atoms with Crippen molar-refractivity contribution in [3.8, 4) is 0 Å². The van der Waals surface area contributed by atoms with E-state index in [1.165, 1.54) is 0 Å². The average Bonchev–Trinajstić information content (AvgIpc) is 2.57. The van der Waals surface area contributed by atoms with Crippen molar-refractivity contribution in [3.63, 3.8) is 0 Å². The van der Waals surface area contributed by atoms with Crippen LogP contribution in [0.15, 0.2) is 18.3 Å². The van der Waals surface area contributed by atoms with Crippen LogP contribution in [0.25, 0.3) is 0 Å². The molecule has 16 heavy (non-hydrogen) atoms. The Bertz CT molecular complexity index is 473. The van der Waals surface area contributed by atoms with Crippen LogP contribution < -0.4 is 11.1 Å². The predicted molar refractivity (Wildman–Crippen MR) is 63.9 cm³/mol. The van der Waals surface area contributed by atoms with Crippen LogP contribution in [0.4, 0.5) is 11.5 Å². The number of pyridine rings is 1. The summed E-state index contributed by atoms with van der Waals surface area (Å²) in [5, 5.41) is 2.76. The maximum Gasteiger partial charge on any atom is 0.154 e. The van der Waals surface area contributed by atoms with E-state index >= 15 is 0 Å². The molecule has 2 heterocycles. The van der Waals surface area contributed by atoms with E-state index in [0.717, 1.165) is 12.8 Å². The Kier molecular flexibility index (Phi) is 3.00. The number of anilines is 2. The molecule has 5 nitrogen and oxygen atoms in total. The molecule has 1 aliphatic heterocycles. The van der Waals surface area contributed by atoms with Gasteiger partial charge in [0, 0.05) is 12.7 Å². The number of sulfone groups is 1. The van der Waals surface area contributed by atoms with Gasteiger partial charge < -0.3 is 11.1 Å². The van der Waals surface area contributed by atoms with Crippen LogP contribution >= 0.6 is 0 Å². The first kappa shape index (κ1) is 11.2. The van der Waals surface area contributed by atoms with Crippen LogP contribution in [0.2, 0.25) is 0 Å². The van der Waals surface area contributed by atoms with Gasteiger partial charge in [-0.25, -0.2) is 13.4 Å². The summed E-state index contributed by atoms with van der Waals surface area (Å²) in [5.74, 6) is 0.708. The van der Waals surface area contributed by atoms with E-state index in [1.807, 2.05) is 0 Å². The Morgan fingerprint density at radius 1 is 1.56 bits per heavy atom. The summed E-state index contributed by atoms with van der Waals surface area (Å²) in [6.45, 7) is 0.415. The number of nitrogens with one attached hydrogen (secondary N) is 1. The third kappa shape index (κ3) is 2.27. The molecule has 0 aromatic carbocycles. The molecule has 0 bridgehead atoms. The smallest absolute Gasteiger partial charge is 0.154 e. The van der Waals surface area contributed by atoms with Crippen LogP contribution in [-0.4, -0.2) is 30.9 Å². The van der Waals surface area contributed by atoms with Crippen molar-refractivity contribution < 1.29 is 8.42 Å². The Labute approximate surface area is 95.0 Å². The first-order valence-corrected chi connectivity index (χ1v) is 6.97. The lowest BCUT2D eigenvalue weighted by atomic mass is 10.2. The molecule has 6 heteroatoms. The van der Waals surface area contributed by atoms with Crippen LogP contribution in [0.3, 0.4) is 0 Å². The highest BCUT2D eigenvalue weighted by Gasteiger charge is 2.30. The quantitative estimate of drug-likeness (QED) is 0.811. The lowest BCUT2D eigenvalue weighted by Crippen LogP contribution is -2.25. The molecule has 0 amide bonds. The van der Waals surface area contributed by atoms with E-state index in [1.54, 1.807) is 18.3 Å². The molecule has 1 fully saturated rings. The highest BCUT2D eigenvalue weighted by molar-refractivity contribution is 7.92. The van der Waals surface area contributed by atoms with E-state index in [2.05, 4.69) is 10.3 Å². The lowest BCUT2D eigenvalue weighted by Gasteiger charge is -2.12. The van der Waals surface area contributed by atoms with Crippen molar-refractivity contribution in [2.75, 3.05) is 23.3 Å².